The van der Waals surface area contributed by atoms with E-state index in [2.05, 4.69) is 32.6 Å². The first-order chi connectivity index (χ1) is 5.81. The van der Waals surface area contributed by atoms with Crippen molar-refractivity contribution in [3.63, 3.8) is 0 Å². The Morgan fingerprint density at radius 3 is 3.17 bits per heavy atom. The molecule has 2 aromatic rings. The van der Waals surface area contributed by atoms with E-state index in [-0.39, 0.29) is 0 Å². The van der Waals surface area contributed by atoms with Gasteiger partial charge in [0, 0.05) is 11.6 Å². The number of nitrogens with zero attached hydrogens (tertiary/aromatic N) is 2. The highest BCUT2D eigenvalue weighted by Gasteiger charge is 2.03. The van der Waals surface area contributed by atoms with E-state index in [0.717, 1.165) is 14.6 Å². The summed E-state index contributed by atoms with van der Waals surface area (Å²) in [6.45, 7) is 0. The zero-order valence-electron chi connectivity index (χ0n) is 6.00. The van der Waals surface area contributed by atoms with E-state index >= 15 is 0 Å². The van der Waals surface area contributed by atoms with Crippen molar-refractivity contribution < 1.29 is 0 Å². The first-order valence-electron chi connectivity index (χ1n) is 3.34. The van der Waals surface area contributed by atoms with Gasteiger partial charge in [-0.1, -0.05) is 0 Å². The van der Waals surface area contributed by atoms with Crippen molar-refractivity contribution >= 4 is 33.5 Å². The molecule has 2 heterocycles. The summed E-state index contributed by atoms with van der Waals surface area (Å²) in [5, 5.41) is 9.61. The summed E-state index contributed by atoms with van der Waals surface area (Å²) in [6.07, 6.45) is 1.63. The lowest BCUT2D eigenvalue weighted by Gasteiger charge is -1.88. The van der Waals surface area contributed by atoms with E-state index in [4.69, 9.17) is 5.26 Å². The van der Waals surface area contributed by atoms with E-state index in [1.807, 2.05) is 18.2 Å². The highest BCUT2D eigenvalue weighted by Crippen LogP contribution is 2.18. The molecule has 3 nitrogen and oxygen atoms in total. The van der Waals surface area contributed by atoms with Crippen LogP contribution in [0.1, 0.15) is 5.69 Å². The molecule has 0 saturated heterocycles. The summed E-state index contributed by atoms with van der Waals surface area (Å²) in [6, 6.07) is 5.83. The molecule has 2 aromatic heterocycles. The molecule has 0 aliphatic rings. The van der Waals surface area contributed by atoms with Crippen molar-refractivity contribution in [1.82, 2.24) is 9.97 Å². The van der Waals surface area contributed by atoms with Gasteiger partial charge in [0.05, 0.1) is 9.22 Å². The number of halogens is 1. The van der Waals surface area contributed by atoms with Crippen LogP contribution < -0.4 is 0 Å². The molecular formula is C8H4IN3. The Kier molecular flexibility index (Phi) is 1.73. The lowest BCUT2D eigenvalue weighted by Crippen LogP contribution is -1.80. The van der Waals surface area contributed by atoms with Gasteiger partial charge in [0.2, 0.25) is 0 Å². The standard InChI is InChI=1S/C8H4IN3/c9-8-3-5-6(12-8)1-2-11-7(5)4-10/h1-3,12H. The van der Waals surface area contributed by atoms with Gasteiger partial charge in [-0.25, -0.2) is 4.98 Å². The Bertz CT molecular complexity index is 467. The van der Waals surface area contributed by atoms with Crippen LogP contribution in [0.15, 0.2) is 18.3 Å². The fraction of sp³-hybridized carbons (Fsp3) is 0. The fourth-order valence-electron chi connectivity index (χ4n) is 1.11. The average molecular weight is 269 g/mol. The van der Waals surface area contributed by atoms with Crippen molar-refractivity contribution in [3.8, 4) is 6.07 Å². The Balaban J connectivity index is 2.89. The summed E-state index contributed by atoms with van der Waals surface area (Å²) in [5.41, 5.74) is 1.44. The van der Waals surface area contributed by atoms with Crippen LogP contribution >= 0.6 is 22.6 Å². The third kappa shape index (κ3) is 1.06. The molecule has 4 heteroatoms. The quantitative estimate of drug-likeness (QED) is 0.744. The normalized spacial score (nSPS) is 10.0. The predicted molar refractivity (Wildman–Crippen MR) is 53.5 cm³/mol. The van der Waals surface area contributed by atoms with Crippen molar-refractivity contribution in [2.45, 2.75) is 0 Å². The van der Waals surface area contributed by atoms with Gasteiger partial charge in [0.1, 0.15) is 11.8 Å². The molecule has 1 N–H and O–H groups in total. The Hall–Kier alpha value is -1.09. The number of pyridine rings is 1. The van der Waals surface area contributed by atoms with Gasteiger partial charge in [-0.05, 0) is 34.7 Å². The number of fused-ring (bicyclic) bond motifs is 1. The van der Waals surface area contributed by atoms with Gasteiger partial charge in [-0.2, -0.15) is 5.26 Å². The first kappa shape index (κ1) is 7.55. The molecule has 0 atom stereocenters. The van der Waals surface area contributed by atoms with E-state index in [0.29, 0.717) is 5.69 Å². The second-order valence-corrected chi connectivity index (χ2v) is 3.51. The van der Waals surface area contributed by atoms with Crippen LogP contribution in [-0.4, -0.2) is 9.97 Å². The van der Waals surface area contributed by atoms with Crippen molar-refractivity contribution in [3.05, 3.63) is 27.7 Å². The van der Waals surface area contributed by atoms with Crippen molar-refractivity contribution in [2.24, 2.45) is 0 Å². The number of H-pyrrole nitrogens is 1. The highest BCUT2D eigenvalue weighted by molar-refractivity contribution is 14.1. The van der Waals surface area contributed by atoms with Crippen LogP contribution in [0.5, 0.6) is 0 Å². The maximum absolute atomic E-state index is 8.72. The number of rotatable bonds is 0. The molecule has 0 aromatic carbocycles. The van der Waals surface area contributed by atoms with Gasteiger partial charge in [0.15, 0.2) is 0 Å². The van der Waals surface area contributed by atoms with E-state index in [9.17, 15) is 0 Å². The molecule has 0 radical (unpaired) electrons. The van der Waals surface area contributed by atoms with Crippen LogP contribution in [0.3, 0.4) is 0 Å². The maximum Gasteiger partial charge on any atom is 0.149 e. The van der Waals surface area contributed by atoms with Crippen LogP contribution in [0, 0.1) is 15.0 Å². The van der Waals surface area contributed by atoms with Crippen molar-refractivity contribution in [2.75, 3.05) is 0 Å². The molecule has 0 aliphatic heterocycles. The summed E-state index contributed by atoms with van der Waals surface area (Å²) in [7, 11) is 0. The first-order valence-corrected chi connectivity index (χ1v) is 4.42. The maximum atomic E-state index is 8.72. The Morgan fingerprint density at radius 2 is 2.42 bits per heavy atom. The molecule has 0 aliphatic carbocycles. The zero-order chi connectivity index (χ0) is 8.55. The molecule has 12 heavy (non-hydrogen) atoms. The van der Waals surface area contributed by atoms with Gasteiger partial charge < -0.3 is 4.98 Å². The summed E-state index contributed by atoms with van der Waals surface area (Å²) >= 11 is 2.17. The highest BCUT2D eigenvalue weighted by atomic mass is 127. The third-order valence-electron chi connectivity index (χ3n) is 1.62. The van der Waals surface area contributed by atoms with Crippen molar-refractivity contribution in [1.29, 1.82) is 5.26 Å². The summed E-state index contributed by atoms with van der Waals surface area (Å²) < 4.78 is 1.02. The number of hydrogen-bond acceptors (Lipinski definition) is 2. The van der Waals surface area contributed by atoms with Crippen LogP contribution in [0.4, 0.5) is 0 Å². The Labute approximate surface area is 82.6 Å². The number of nitriles is 1. The molecule has 0 amide bonds. The molecule has 0 spiro atoms. The van der Waals surface area contributed by atoms with Crippen LogP contribution in [0.25, 0.3) is 10.9 Å². The van der Waals surface area contributed by atoms with Gasteiger partial charge >= 0.3 is 0 Å². The predicted octanol–water partition coefficient (Wildman–Crippen LogP) is 2.04. The molecule has 0 unspecified atom stereocenters. The lowest BCUT2D eigenvalue weighted by molar-refractivity contribution is 1.29. The smallest absolute Gasteiger partial charge is 0.149 e. The molecule has 0 saturated carbocycles. The fourth-order valence-corrected chi connectivity index (χ4v) is 1.71. The van der Waals surface area contributed by atoms with Gasteiger partial charge in [0.25, 0.3) is 0 Å². The number of hydrogen-bond donors (Lipinski definition) is 1. The van der Waals surface area contributed by atoms with E-state index in [1.54, 1.807) is 6.20 Å². The molecular weight excluding hydrogens is 265 g/mol. The molecule has 0 fully saturated rings. The minimum absolute atomic E-state index is 0.478. The second-order valence-electron chi connectivity index (χ2n) is 2.35. The zero-order valence-corrected chi connectivity index (χ0v) is 8.16. The number of nitrogens with one attached hydrogen (secondary N) is 1. The molecule has 2 rings (SSSR count). The number of aromatic nitrogens is 2. The van der Waals surface area contributed by atoms with E-state index < -0.39 is 0 Å². The second kappa shape index (κ2) is 2.75. The summed E-state index contributed by atoms with van der Waals surface area (Å²) in [5.74, 6) is 0. The average Bonchev–Trinajstić information content (AvgIpc) is 2.44. The third-order valence-corrected chi connectivity index (χ3v) is 2.20. The SMILES string of the molecule is N#Cc1nccc2[nH]c(I)cc12. The molecule has 0 bridgehead atoms. The largest absolute Gasteiger partial charge is 0.350 e. The van der Waals surface area contributed by atoms with Gasteiger partial charge in [-0.15, -0.1) is 0 Å². The minimum atomic E-state index is 0.478. The summed E-state index contributed by atoms with van der Waals surface area (Å²) in [4.78, 5) is 7.08. The van der Waals surface area contributed by atoms with Gasteiger partial charge in [-0.3, -0.25) is 0 Å². The number of aromatic amines is 1. The molecule has 58 valence electrons. The minimum Gasteiger partial charge on any atom is -0.350 e. The topological polar surface area (TPSA) is 52.5 Å². The monoisotopic (exact) mass is 269 g/mol. The van der Waals surface area contributed by atoms with Crippen LogP contribution in [-0.2, 0) is 0 Å². The lowest BCUT2D eigenvalue weighted by atomic mass is 10.2. The Morgan fingerprint density at radius 1 is 1.58 bits per heavy atom. The van der Waals surface area contributed by atoms with E-state index in [1.165, 1.54) is 0 Å². The van der Waals surface area contributed by atoms with Crippen LogP contribution in [0.2, 0.25) is 0 Å².